The molecule has 1 heterocycles. The lowest BCUT2D eigenvalue weighted by Crippen LogP contribution is -2.01. The average molecular weight is 370 g/mol. The van der Waals surface area contributed by atoms with E-state index in [9.17, 15) is 0 Å². The highest BCUT2D eigenvalue weighted by molar-refractivity contribution is 5.89. The Kier molecular flexibility index (Phi) is 5.06. The van der Waals surface area contributed by atoms with Crippen molar-refractivity contribution in [3.63, 3.8) is 0 Å². The molecule has 1 aromatic heterocycles. The van der Waals surface area contributed by atoms with Gasteiger partial charge in [-0.3, -0.25) is 0 Å². The van der Waals surface area contributed by atoms with Crippen molar-refractivity contribution in [2.75, 3.05) is 11.5 Å². The minimum absolute atomic E-state index is 0.201. The predicted molar refractivity (Wildman–Crippen MR) is 113 cm³/mol. The summed E-state index contributed by atoms with van der Waals surface area (Å²) in [5.41, 5.74) is 16.0. The third kappa shape index (κ3) is 4.20. The molecule has 3 aromatic carbocycles. The van der Waals surface area contributed by atoms with Gasteiger partial charge in [-0.15, -0.1) is 0 Å². The second-order valence-electron chi connectivity index (χ2n) is 6.74. The second-order valence-corrected chi connectivity index (χ2v) is 6.74. The van der Waals surface area contributed by atoms with Gasteiger partial charge in [0, 0.05) is 5.39 Å². The highest BCUT2D eigenvalue weighted by Crippen LogP contribution is 2.21. The fourth-order valence-corrected chi connectivity index (χ4v) is 3.16. The van der Waals surface area contributed by atoms with Gasteiger partial charge in [0.1, 0.15) is 18.2 Å². The number of hydrogen-bond donors (Lipinski definition) is 2. The maximum atomic E-state index is 5.98. The lowest BCUT2D eigenvalue weighted by atomic mass is 10.0. The summed E-state index contributed by atoms with van der Waals surface area (Å²) in [5, 5.41) is 0.844. The third-order valence-corrected chi connectivity index (χ3v) is 4.68. The van der Waals surface area contributed by atoms with Gasteiger partial charge in [0.25, 0.3) is 0 Å². The molecule has 0 aliphatic rings. The highest BCUT2D eigenvalue weighted by Gasteiger charge is 2.05. The van der Waals surface area contributed by atoms with Crippen LogP contribution in [0.25, 0.3) is 10.9 Å². The number of aromatic nitrogens is 2. The highest BCUT2D eigenvalue weighted by atomic mass is 16.5. The molecule has 0 fully saturated rings. The van der Waals surface area contributed by atoms with Crippen LogP contribution in [0.2, 0.25) is 0 Å². The number of nitrogens with zero attached hydrogens (tertiary/aromatic N) is 2. The summed E-state index contributed by atoms with van der Waals surface area (Å²) in [6.07, 6.45) is 1.84. The number of fused-ring (bicyclic) bond motifs is 1. The summed E-state index contributed by atoms with van der Waals surface area (Å²) < 4.78 is 5.84. The van der Waals surface area contributed by atoms with Crippen LogP contribution in [0, 0.1) is 0 Å². The third-order valence-electron chi connectivity index (χ3n) is 4.68. The molecular weight excluding hydrogens is 348 g/mol. The van der Waals surface area contributed by atoms with Gasteiger partial charge in [-0.25, -0.2) is 4.98 Å². The molecule has 0 aliphatic carbocycles. The maximum absolute atomic E-state index is 5.98. The van der Waals surface area contributed by atoms with Gasteiger partial charge in [0.15, 0.2) is 0 Å². The van der Waals surface area contributed by atoms with Gasteiger partial charge < -0.3 is 16.2 Å². The number of hydrogen-bond acceptors (Lipinski definition) is 5. The van der Waals surface area contributed by atoms with Gasteiger partial charge in [0.2, 0.25) is 5.95 Å². The SMILES string of the molecule is Nc1nc(N)c2cc(CCc3ccc(OCc4ccccc4)cc3)ccc2n1. The van der Waals surface area contributed by atoms with Crippen molar-refractivity contribution in [1.82, 2.24) is 9.97 Å². The van der Waals surface area contributed by atoms with E-state index < -0.39 is 0 Å². The van der Waals surface area contributed by atoms with Crippen molar-refractivity contribution in [3.05, 3.63) is 89.5 Å². The van der Waals surface area contributed by atoms with Crippen LogP contribution in [0.1, 0.15) is 16.7 Å². The van der Waals surface area contributed by atoms with Gasteiger partial charge >= 0.3 is 0 Å². The molecule has 140 valence electrons. The van der Waals surface area contributed by atoms with Gasteiger partial charge in [-0.05, 0) is 53.8 Å². The Morgan fingerprint density at radius 2 is 1.43 bits per heavy atom. The summed E-state index contributed by atoms with van der Waals surface area (Å²) in [5.74, 6) is 1.50. The molecule has 0 aliphatic heterocycles. The Labute approximate surface area is 164 Å². The Morgan fingerprint density at radius 3 is 2.21 bits per heavy atom. The van der Waals surface area contributed by atoms with E-state index in [4.69, 9.17) is 16.2 Å². The smallest absolute Gasteiger partial charge is 0.222 e. The summed E-state index contributed by atoms with van der Waals surface area (Å²) in [4.78, 5) is 8.26. The number of ether oxygens (including phenoxy) is 1. The van der Waals surface area contributed by atoms with Gasteiger partial charge in [0.05, 0.1) is 5.52 Å². The topological polar surface area (TPSA) is 87.0 Å². The monoisotopic (exact) mass is 370 g/mol. The Hall–Kier alpha value is -3.60. The van der Waals surface area contributed by atoms with Crippen LogP contribution in [0.4, 0.5) is 11.8 Å². The molecule has 28 heavy (non-hydrogen) atoms. The molecule has 5 heteroatoms. The quantitative estimate of drug-likeness (QED) is 0.532. The predicted octanol–water partition coefficient (Wildman–Crippen LogP) is 4.16. The minimum atomic E-state index is 0.201. The average Bonchev–Trinajstić information content (AvgIpc) is 2.72. The molecule has 0 spiro atoms. The largest absolute Gasteiger partial charge is 0.489 e. The van der Waals surface area contributed by atoms with Gasteiger partial charge in [-0.1, -0.05) is 48.5 Å². The number of anilines is 2. The van der Waals surface area contributed by atoms with E-state index in [0.29, 0.717) is 12.4 Å². The van der Waals surface area contributed by atoms with Crippen molar-refractivity contribution in [2.24, 2.45) is 0 Å². The molecule has 0 unspecified atom stereocenters. The van der Waals surface area contributed by atoms with Crippen molar-refractivity contribution in [1.29, 1.82) is 0 Å². The Bertz CT molecular complexity index is 1080. The Morgan fingerprint density at radius 1 is 0.714 bits per heavy atom. The summed E-state index contributed by atoms with van der Waals surface area (Å²) >= 11 is 0. The van der Waals surface area contributed by atoms with Crippen molar-refractivity contribution in [2.45, 2.75) is 19.4 Å². The fourth-order valence-electron chi connectivity index (χ4n) is 3.16. The van der Waals surface area contributed by atoms with Crippen molar-refractivity contribution in [3.8, 4) is 5.75 Å². The Balaban J connectivity index is 1.37. The molecule has 4 aromatic rings. The van der Waals surface area contributed by atoms with E-state index >= 15 is 0 Å². The molecule has 0 saturated heterocycles. The zero-order chi connectivity index (χ0) is 19.3. The summed E-state index contributed by atoms with van der Waals surface area (Å²) in [6.45, 7) is 0.575. The van der Waals surface area contributed by atoms with E-state index in [0.717, 1.165) is 35.1 Å². The van der Waals surface area contributed by atoms with Crippen molar-refractivity contribution >= 4 is 22.7 Å². The maximum Gasteiger partial charge on any atom is 0.222 e. The molecular formula is C23H22N4O. The number of nitrogens with two attached hydrogens (primary N) is 2. The first-order valence-corrected chi connectivity index (χ1v) is 9.25. The van der Waals surface area contributed by atoms with Crippen LogP contribution in [0.5, 0.6) is 5.75 Å². The lowest BCUT2D eigenvalue weighted by Gasteiger charge is -2.08. The van der Waals surface area contributed by atoms with Crippen LogP contribution in [-0.4, -0.2) is 9.97 Å². The van der Waals surface area contributed by atoms with Crippen LogP contribution in [-0.2, 0) is 19.4 Å². The van der Waals surface area contributed by atoms with E-state index in [1.54, 1.807) is 0 Å². The zero-order valence-corrected chi connectivity index (χ0v) is 15.5. The normalized spacial score (nSPS) is 10.9. The first-order valence-electron chi connectivity index (χ1n) is 9.25. The lowest BCUT2D eigenvalue weighted by molar-refractivity contribution is 0.306. The van der Waals surface area contributed by atoms with Crippen LogP contribution in [0.3, 0.4) is 0 Å². The molecule has 4 N–H and O–H groups in total. The molecule has 0 atom stereocenters. The second kappa shape index (κ2) is 7.96. The molecule has 0 saturated carbocycles. The number of aryl methyl sites for hydroxylation is 2. The van der Waals surface area contributed by atoms with Crippen molar-refractivity contribution < 1.29 is 4.74 Å². The number of nitrogen functional groups attached to an aromatic ring is 2. The first-order chi connectivity index (χ1) is 13.7. The van der Waals surface area contributed by atoms with E-state index in [2.05, 4.69) is 40.3 Å². The fraction of sp³-hybridized carbons (Fsp3) is 0.130. The number of benzene rings is 3. The molecule has 0 bridgehead atoms. The van der Waals surface area contributed by atoms with Gasteiger partial charge in [-0.2, -0.15) is 4.98 Å². The van der Waals surface area contributed by atoms with Crippen LogP contribution < -0.4 is 16.2 Å². The van der Waals surface area contributed by atoms with E-state index in [1.807, 2.05) is 42.5 Å². The molecule has 5 nitrogen and oxygen atoms in total. The molecule has 4 rings (SSSR count). The minimum Gasteiger partial charge on any atom is -0.489 e. The summed E-state index contributed by atoms with van der Waals surface area (Å²) in [7, 11) is 0. The van der Waals surface area contributed by atoms with Crippen LogP contribution >= 0.6 is 0 Å². The first kappa shape index (κ1) is 17.8. The zero-order valence-electron chi connectivity index (χ0n) is 15.5. The van der Waals surface area contributed by atoms with Crippen LogP contribution in [0.15, 0.2) is 72.8 Å². The molecule has 0 amide bonds. The van der Waals surface area contributed by atoms with E-state index in [-0.39, 0.29) is 5.95 Å². The standard InChI is InChI=1S/C23H22N4O/c24-22-20-14-17(10-13-21(20)26-23(25)27-22)7-6-16-8-11-19(12-9-16)28-15-18-4-2-1-3-5-18/h1-5,8-14H,6-7,15H2,(H4,24,25,26,27). The van der Waals surface area contributed by atoms with E-state index in [1.165, 1.54) is 11.1 Å². The number of rotatable bonds is 6. The summed E-state index contributed by atoms with van der Waals surface area (Å²) in [6, 6.07) is 24.5. The molecule has 0 radical (unpaired) electrons.